The number of hydrogen-bond donors (Lipinski definition) is 1. The fraction of sp³-hybridized carbons (Fsp3) is 0.400. The average molecular weight is 181 g/mol. The van der Waals surface area contributed by atoms with Crippen molar-refractivity contribution in [3.8, 4) is 5.75 Å². The molecule has 2 N–H and O–H groups in total. The molecule has 1 aliphatic rings. The molecule has 3 heteroatoms. The van der Waals surface area contributed by atoms with E-state index < -0.39 is 0 Å². The Kier molecular flexibility index (Phi) is 2.19. The molecule has 1 aromatic rings. The molecule has 2 nitrogen and oxygen atoms in total. The van der Waals surface area contributed by atoms with Gasteiger partial charge in [0.1, 0.15) is 11.6 Å². The summed E-state index contributed by atoms with van der Waals surface area (Å²) in [4.78, 5) is 0. The van der Waals surface area contributed by atoms with Crippen molar-refractivity contribution >= 4 is 0 Å². The lowest BCUT2D eigenvalue weighted by Gasteiger charge is -2.24. The maximum Gasteiger partial charge on any atom is 0.123 e. The lowest BCUT2D eigenvalue weighted by atomic mass is 9.93. The summed E-state index contributed by atoms with van der Waals surface area (Å²) in [6.45, 7) is 1.24. The Morgan fingerprint density at radius 3 is 3.15 bits per heavy atom. The molecular weight excluding hydrogens is 169 g/mol. The van der Waals surface area contributed by atoms with E-state index in [4.69, 9.17) is 10.5 Å². The minimum atomic E-state index is -0.220. The van der Waals surface area contributed by atoms with Crippen LogP contribution in [0.3, 0.4) is 0 Å². The van der Waals surface area contributed by atoms with Crippen molar-refractivity contribution in [1.29, 1.82) is 0 Å². The van der Waals surface area contributed by atoms with Gasteiger partial charge in [0, 0.05) is 11.5 Å². The summed E-state index contributed by atoms with van der Waals surface area (Å²) in [7, 11) is 0. The Morgan fingerprint density at radius 1 is 1.54 bits per heavy atom. The monoisotopic (exact) mass is 181 g/mol. The van der Waals surface area contributed by atoms with E-state index in [0.717, 1.165) is 17.7 Å². The minimum Gasteiger partial charge on any atom is -0.493 e. The number of rotatable bonds is 1. The molecule has 0 bridgehead atoms. The minimum absolute atomic E-state index is 0.220. The molecule has 70 valence electrons. The number of fused-ring (bicyclic) bond motifs is 1. The summed E-state index contributed by atoms with van der Waals surface area (Å²) >= 11 is 0. The standard InChI is InChI=1S/C10H12FNO/c11-8-1-2-10-9(5-8)7(6-12)3-4-13-10/h1-2,5,7H,3-4,6,12H2/t7-/m0/s1. The van der Waals surface area contributed by atoms with Gasteiger partial charge in [-0.1, -0.05) is 0 Å². The highest BCUT2D eigenvalue weighted by Gasteiger charge is 2.20. The van der Waals surface area contributed by atoms with Crippen LogP contribution < -0.4 is 10.5 Å². The second kappa shape index (κ2) is 3.34. The molecule has 1 atom stereocenters. The van der Waals surface area contributed by atoms with Crippen LogP contribution in [-0.4, -0.2) is 13.2 Å². The summed E-state index contributed by atoms with van der Waals surface area (Å²) < 4.78 is 18.3. The molecule has 0 spiro atoms. The van der Waals surface area contributed by atoms with Crippen molar-refractivity contribution in [3.05, 3.63) is 29.6 Å². The van der Waals surface area contributed by atoms with E-state index in [1.165, 1.54) is 12.1 Å². The zero-order valence-electron chi connectivity index (χ0n) is 7.29. The second-order valence-electron chi connectivity index (χ2n) is 3.25. The van der Waals surface area contributed by atoms with E-state index in [1.54, 1.807) is 6.07 Å². The van der Waals surface area contributed by atoms with Gasteiger partial charge in [0.25, 0.3) is 0 Å². The van der Waals surface area contributed by atoms with E-state index in [9.17, 15) is 4.39 Å². The number of halogens is 1. The number of benzene rings is 1. The first-order valence-corrected chi connectivity index (χ1v) is 4.43. The van der Waals surface area contributed by atoms with E-state index in [-0.39, 0.29) is 11.7 Å². The molecule has 0 amide bonds. The molecule has 0 radical (unpaired) electrons. The van der Waals surface area contributed by atoms with Crippen LogP contribution in [0.1, 0.15) is 17.9 Å². The van der Waals surface area contributed by atoms with Gasteiger partial charge in [0.05, 0.1) is 6.61 Å². The highest BCUT2D eigenvalue weighted by molar-refractivity contribution is 5.38. The quantitative estimate of drug-likeness (QED) is 0.715. The summed E-state index contributed by atoms with van der Waals surface area (Å²) in [5, 5.41) is 0. The molecule has 0 unspecified atom stereocenters. The van der Waals surface area contributed by atoms with E-state index >= 15 is 0 Å². The van der Waals surface area contributed by atoms with Gasteiger partial charge >= 0.3 is 0 Å². The molecular formula is C10H12FNO. The third-order valence-corrected chi connectivity index (χ3v) is 2.42. The Hall–Kier alpha value is -1.09. The Labute approximate surface area is 76.5 Å². The maximum atomic E-state index is 12.9. The van der Waals surface area contributed by atoms with Gasteiger partial charge in [-0.15, -0.1) is 0 Å². The molecule has 0 aromatic heterocycles. The van der Waals surface area contributed by atoms with E-state index in [2.05, 4.69) is 0 Å². The van der Waals surface area contributed by atoms with Crippen LogP contribution in [0.15, 0.2) is 18.2 Å². The molecule has 1 aliphatic heterocycles. The van der Waals surface area contributed by atoms with Crippen LogP contribution in [0.4, 0.5) is 4.39 Å². The molecule has 0 fully saturated rings. The summed E-state index contributed by atoms with van der Waals surface area (Å²) in [6.07, 6.45) is 0.882. The van der Waals surface area contributed by atoms with Gasteiger partial charge in [-0.25, -0.2) is 4.39 Å². The highest BCUT2D eigenvalue weighted by atomic mass is 19.1. The van der Waals surface area contributed by atoms with Crippen molar-refractivity contribution in [1.82, 2.24) is 0 Å². The Morgan fingerprint density at radius 2 is 2.38 bits per heavy atom. The van der Waals surface area contributed by atoms with Gasteiger partial charge < -0.3 is 10.5 Å². The van der Waals surface area contributed by atoms with Gasteiger partial charge in [-0.2, -0.15) is 0 Å². The summed E-state index contributed by atoms with van der Waals surface area (Å²) in [5.74, 6) is 0.810. The molecule has 1 heterocycles. The van der Waals surface area contributed by atoms with Gasteiger partial charge in [-0.05, 0) is 31.2 Å². The SMILES string of the molecule is NC[C@@H]1CCOc2ccc(F)cc21. The molecule has 0 saturated carbocycles. The van der Waals surface area contributed by atoms with Crippen molar-refractivity contribution in [2.45, 2.75) is 12.3 Å². The normalized spacial score (nSPS) is 20.6. The van der Waals surface area contributed by atoms with Gasteiger partial charge in [0.2, 0.25) is 0 Å². The first kappa shape index (κ1) is 8.51. The summed E-state index contributed by atoms with van der Waals surface area (Å²) in [5.41, 5.74) is 6.50. The number of ether oxygens (including phenoxy) is 1. The van der Waals surface area contributed by atoms with Crippen LogP contribution in [0.5, 0.6) is 5.75 Å². The fourth-order valence-electron chi connectivity index (χ4n) is 1.68. The van der Waals surface area contributed by atoms with Crippen LogP contribution in [0.2, 0.25) is 0 Å². The molecule has 0 aliphatic carbocycles. The zero-order chi connectivity index (χ0) is 9.26. The lowest BCUT2D eigenvalue weighted by Crippen LogP contribution is -2.21. The van der Waals surface area contributed by atoms with Crippen LogP contribution in [0, 0.1) is 5.82 Å². The van der Waals surface area contributed by atoms with Crippen LogP contribution in [-0.2, 0) is 0 Å². The smallest absolute Gasteiger partial charge is 0.123 e. The maximum absolute atomic E-state index is 12.9. The predicted octanol–water partition coefficient (Wildman–Crippen LogP) is 1.65. The fourth-order valence-corrected chi connectivity index (χ4v) is 1.68. The number of nitrogens with two attached hydrogens (primary N) is 1. The zero-order valence-corrected chi connectivity index (χ0v) is 7.29. The van der Waals surface area contributed by atoms with E-state index in [1.807, 2.05) is 0 Å². The average Bonchev–Trinajstić information content (AvgIpc) is 2.17. The van der Waals surface area contributed by atoms with Crippen LogP contribution >= 0.6 is 0 Å². The molecule has 0 saturated heterocycles. The Balaban J connectivity index is 2.41. The third kappa shape index (κ3) is 1.52. The predicted molar refractivity (Wildman–Crippen MR) is 48.3 cm³/mol. The van der Waals surface area contributed by atoms with Crippen LogP contribution in [0.25, 0.3) is 0 Å². The first-order chi connectivity index (χ1) is 6.31. The van der Waals surface area contributed by atoms with Crippen molar-refractivity contribution in [2.75, 3.05) is 13.2 Å². The van der Waals surface area contributed by atoms with Crippen molar-refractivity contribution < 1.29 is 9.13 Å². The van der Waals surface area contributed by atoms with Crippen molar-refractivity contribution in [3.63, 3.8) is 0 Å². The summed E-state index contributed by atoms with van der Waals surface area (Å²) in [6, 6.07) is 4.61. The Bertz CT molecular complexity index is 314. The molecule has 2 rings (SSSR count). The largest absolute Gasteiger partial charge is 0.493 e. The van der Waals surface area contributed by atoms with Crippen molar-refractivity contribution in [2.24, 2.45) is 5.73 Å². The van der Waals surface area contributed by atoms with Gasteiger partial charge in [0.15, 0.2) is 0 Å². The molecule has 13 heavy (non-hydrogen) atoms. The molecule has 1 aromatic carbocycles. The van der Waals surface area contributed by atoms with E-state index in [0.29, 0.717) is 13.2 Å². The van der Waals surface area contributed by atoms with Gasteiger partial charge in [-0.3, -0.25) is 0 Å². The third-order valence-electron chi connectivity index (χ3n) is 2.42. The topological polar surface area (TPSA) is 35.2 Å². The second-order valence-corrected chi connectivity index (χ2v) is 3.25. The lowest BCUT2D eigenvalue weighted by molar-refractivity contribution is 0.268. The number of hydrogen-bond acceptors (Lipinski definition) is 2. The first-order valence-electron chi connectivity index (χ1n) is 4.43. The highest BCUT2D eigenvalue weighted by Crippen LogP contribution is 2.33.